The van der Waals surface area contributed by atoms with Crippen molar-refractivity contribution in [2.45, 2.75) is 45.8 Å². The zero-order valence-electron chi connectivity index (χ0n) is 11.3. The fourth-order valence-electron chi connectivity index (χ4n) is 1.90. The third-order valence-electron chi connectivity index (χ3n) is 2.95. The zero-order valence-corrected chi connectivity index (χ0v) is 11.3. The lowest BCUT2D eigenvalue weighted by atomic mass is 10.1. The van der Waals surface area contributed by atoms with Crippen LogP contribution >= 0.6 is 0 Å². The summed E-state index contributed by atoms with van der Waals surface area (Å²) in [5.41, 5.74) is 1.24. The summed E-state index contributed by atoms with van der Waals surface area (Å²) >= 11 is 0. The molecule has 0 bridgehead atoms. The van der Waals surface area contributed by atoms with Crippen LogP contribution in [0.3, 0.4) is 0 Å². The Morgan fingerprint density at radius 2 is 1.88 bits per heavy atom. The molecule has 1 N–H and O–H groups in total. The minimum Gasteiger partial charge on any atom is -0.373 e. The average Bonchev–Trinajstić information content (AvgIpc) is 2.36. The fraction of sp³-hybridized carbons (Fsp3) is 0.600. The lowest BCUT2D eigenvalue weighted by molar-refractivity contribution is 0.0665. The van der Waals surface area contributed by atoms with Crippen molar-refractivity contribution in [3.05, 3.63) is 35.9 Å². The Morgan fingerprint density at radius 3 is 2.53 bits per heavy atom. The highest BCUT2D eigenvalue weighted by atomic mass is 16.5. The highest BCUT2D eigenvalue weighted by Gasteiger charge is 2.04. The Morgan fingerprint density at radius 1 is 1.18 bits per heavy atom. The van der Waals surface area contributed by atoms with Crippen LogP contribution in [-0.4, -0.2) is 19.2 Å². The van der Waals surface area contributed by atoms with Gasteiger partial charge in [0.15, 0.2) is 0 Å². The van der Waals surface area contributed by atoms with Crippen molar-refractivity contribution in [2.75, 3.05) is 13.2 Å². The first-order valence-electron chi connectivity index (χ1n) is 6.64. The molecule has 0 aliphatic heterocycles. The molecule has 2 unspecified atom stereocenters. The van der Waals surface area contributed by atoms with Gasteiger partial charge in [0.2, 0.25) is 0 Å². The van der Waals surface area contributed by atoms with E-state index in [9.17, 15) is 0 Å². The molecule has 0 saturated carbocycles. The van der Waals surface area contributed by atoms with E-state index in [0.29, 0.717) is 6.04 Å². The van der Waals surface area contributed by atoms with Gasteiger partial charge in [0.1, 0.15) is 0 Å². The summed E-state index contributed by atoms with van der Waals surface area (Å²) < 4.78 is 5.79. The summed E-state index contributed by atoms with van der Waals surface area (Å²) in [5.74, 6) is 0. The first-order chi connectivity index (χ1) is 8.24. The summed E-state index contributed by atoms with van der Waals surface area (Å²) in [6.45, 7) is 8.24. The van der Waals surface area contributed by atoms with E-state index in [2.05, 4.69) is 50.4 Å². The monoisotopic (exact) mass is 235 g/mol. The second-order valence-electron chi connectivity index (χ2n) is 4.57. The van der Waals surface area contributed by atoms with Gasteiger partial charge in [0.05, 0.1) is 12.7 Å². The van der Waals surface area contributed by atoms with Gasteiger partial charge in [-0.05, 0) is 25.8 Å². The summed E-state index contributed by atoms with van der Waals surface area (Å²) in [6.07, 6.45) is 2.64. The Labute approximate surface area is 105 Å². The molecule has 0 amide bonds. The predicted octanol–water partition coefficient (Wildman–Crippen LogP) is 3.54. The third kappa shape index (κ3) is 5.85. The van der Waals surface area contributed by atoms with Gasteiger partial charge in [0, 0.05) is 12.6 Å². The van der Waals surface area contributed by atoms with E-state index < -0.39 is 0 Å². The smallest absolute Gasteiger partial charge is 0.0797 e. The van der Waals surface area contributed by atoms with Crippen molar-refractivity contribution in [3.63, 3.8) is 0 Å². The van der Waals surface area contributed by atoms with E-state index in [0.717, 1.165) is 13.2 Å². The zero-order chi connectivity index (χ0) is 12.5. The van der Waals surface area contributed by atoms with Crippen LogP contribution in [0.2, 0.25) is 0 Å². The molecule has 0 radical (unpaired) electrons. The van der Waals surface area contributed by atoms with Crippen LogP contribution in [0.1, 0.15) is 45.3 Å². The molecule has 0 aliphatic carbocycles. The molecule has 1 aromatic carbocycles. The van der Waals surface area contributed by atoms with Crippen LogP contribution in [0.4, 0.5) is 0 Å². The molecule has 0 heterocycles. The SMILES string of the molecule is CCCC(C)NCCOC(C)c1ccccc1. The fourth-order valence-corrected chi connectivity index (χ4v) is 1.90. The first-order valence-corrected chi connectivity index (χ1v) is 6.64. The van der Waals surface area contributed by atoms with E-state index in [1.807, 2.05) is 6.07 Å². The molecular formula is C15H25NO. The highest BCUT2D eigenvalue weighted by molar-refractivity contribution is 5.16. The molecule has 96 valence electrons. The Bertz CT molecular complexity index is 286. The van der Waals surface area contributed by atoms with Crippen LogP contribution in [0.15, 0.2) is 30.3 Å². The normalized spacial score (nSPS) is 14.5. The van der Waals surface area contributed by atoms with Crippen molar-refractivity contribution in [1.29, 1.82) is 0 Å². The Balaban J connectivity index is 2.14. The molecule has 2 nitrogen and oxygen atoms in total. The summed E-state index contributed by atoms with van der Waals surface area (Å²) in [4.78, 5) is 0. The maximum Gasteiger partial charge on any atom is 0.0797 e. The highest BCUT2D eigenvalue weighted by Crippen LogP contribution is 2.15. The molecule has 2 heteroatoms. The summed E-state index contributed by atoms with van der Waals surface area (Å²) in [6, 6.07) is 10.9. The summed E-state index contributed by atoms with van der Waals surface area (Å²) in [7, 11) is 0. The molecule has 1 rings (SSSR count). The Kier molecular flexibility index (Phi) is 6.90. The van der Waals surface area contributed by atoms with Crippen LogP contribution < -0.4 is 5.32 Å². The minimum absolute atomic E-state index is 0.180. The van der Waals surface area contributed by atoms with E-state index in [-0.39, 0.29) is 6.10 Å². The van der Waals surface area contributed by atoms with Gasteiger partial charge in [-0.25, -0.2) is 0 Å². The molecule has 17 heavy (non-hydrogen) atoms. The van der Waals surface area contributed by atoms with Crippen LogP contribution in [0, 0.1) is 0 Å². The molecule has 0 aliphatic rings. The standard InChI is InChI=1S/C15H25NO/c1-4-8-13(2)16-11-12-17-14(3)15-9-6-5-7-10-15/h5-7,9-10,13-14,16H,4,8,11-12H2,1-3H3. The largest absolute Gasteiger partial charge is 0.373 e. The maximum absolute atomic E-state index is 5.79. The molecule has 0 aromatic heterocycles. The average molecular weight is 235 g/mol. The molecule has 0 spiro atoms. The van der Waals surface area contributed by atoms with Crippen molar-refractivity contribution in [3.8, 4) is 0 Å². The van der Waals surface area contributed by atoms with E-state index in [4.69, 9.17) is 4.74 Å². The van der Waals surface area contributed by atoms with E-state index in [1.165, 1.54) is 18.4 Å². The molecule has 0 saturated heterocycles. The number of benzene rings is 1. The van der Waals surface area contributed by atoms with E-state index in [1.54, 1.807) is 0 Å². The minimum atomic E-state index is 0.180. The molecule has 2 atom stereocenters. The second kappa shape index (κ2) is 8.26. The number of rotatable bonds is 8. The van der Waals surface area contributed by atoms with Crippen LogP contribution in [0.25, 0.3) is 0 Å². The number of ether oxygens (including phenoxy) is 1. The van der Waals surface area contributed by atoms with Gasteiger partial charge in [0.25, 0.3) is 0 Å². The van der Waals surface area contributed by atoms with E-state index >= 15 is 0 Å². The molecular weight excluding hydrogens is 210 g/mol. The first kappa shape index (κ1) is 14.2. The van der Waals surface area contributed by atoms with Gasteiger partial charge in [-0.1, -0.05) is 43.7 Å². The van der Waals surface area contributed by atoms with Crippen molar-refractivity contribution in [1.82, 2.24) is 5.32 Å². The van der Waals surface area contributed by atoms with Crippen molar-refractivity contribution >= 4 is 0 Å². The number of hydrogen-bond acceptors (Lipinski definition) is 2. The molecule has 0 fully saturated rings. The number of hydrogen-bond donors (Lipinski definition) is 1. The van der Waals surface area contributed by atoms with Crippen LogP contribution in [0.5, 0.6) is 0 Å². The predicted molar refractivity (Wildman–Crippen MR) is 73.2 cm³/mol. The summed E-state index contributed by atoms with van der Waals surface area (Å²) in [5, 5.41) is 3.47. The Hall–Kier alpha value is -0.860. The molecule has 1 aromatic rings. The second-order valence-corrected chi connectivity index (χ2v) is 4.57. The maximum atomic E-state index is 5.79. The quantitative estimate of drug-likeness (QED) is 0.696. The van der Waals surface area contributed by atoms with Gasteiger partial charge in [-0.15, -0.1) is 0 Å². The lowest BCUT2D eigenvalue weighted by Crippen LogP contribution is -2.29. The van der Waals surface area contributed by atoms with Crippen molar-refractivity contribution in [2.24, 2.45) is 0 Å². The van der Waals surface area contributed by atoms with Gasteiger partial charge in [-0.3, -0.25) is 0 Å². The lowest BCUT2D eigenvalue weighted by Gasteiger charge is -2.16. The van der Waals surface area contributed by atoms with Gasteiger partial charge >= 0.3 is 0 Å². The third-order valence-corrected chi connectivity index (χ3v) is 2.95. The topological polar surface area (TPSA) is 21.3 Å². The number of nitrogens with one attached hydrogen (secondary N) is 1. The van der Waals surface area contributed by atoms with Crippen LogP contribution in [-0.2, 0) is 4.74 Å². The van der Waals surface area contributed by atoms with Crippen molar-refractivity contribution < 1.29 is 4.74 Å². The van der Waals surface area contributed by atoms with Gasteiger partial charge in [-0.2, -0.15) is 0 Å². The van der Waals surface area contributed by atoms with Gasteiger partial charge < -0.3 is 10.1 Å².